The lowest BCUT2D eigenvalue weighted by Crippen LogP contribution is -2.25. The lowest BCUT2D eigenvalue weighted by atomic mass is 10.2. The molecule has 5 heteroatoms. The number of benzene rings is 1. The van der Waals surface area contributed by atoms with Gasteiger partial charge in [-0.3, -0.25) is 4.90 Å². The van der Waals surface area contributed by atoms with E-state index >= 15 is 0 Å². The third-order valence-corrected chi connectivity index (χ3v) is 3.57. The van der Waals surface area contributed by atoms with E-state index in [1.54, 1.807) is 18.2 Å². The number of rotatable bonds is 4. The first-order valence-electron chi connectivity index (χ1n) is 6.84. The Labute approximate surface area is 116 Å². The van der Waals surface area contributed by atoms with Gasteiger partial charge in [-0.15, -0.1) is 0 Å². The summed E-state index contributed by atoms with van der Waals surface area (Å²) >= 11 is 0. The highest BCUT2D eigenvalue weighted by molar-refractivity contribution is 5.83. The fourth-order valence-corrected chi connectivity index (χ4v) is 2.51. The quantitative estimate of drug-likeness (QED) is 0.864. The SMILES string of the molecule is O=c1cc(O)c2ccc(OCCN3CCCC3)cc2o1. The van der Waals surface area contributed by atoms with Crippen LogP contribution in [0.1, 0.15) is 12.8 Å². The number of hydrogen-bond acceptors (Lipinski definition) is 5. The van der Waals surface area contributed by atoms with Gasteiger partial charge >= 0.3 is 5.63 Å². The Kier molecular flexibility index (Phi) is 3.60. The molecule has 1 fully saturated rings. The van der Waals surface area contributed by atoms with E-state index < -0.39 is 5.63 Å². The molecular formula is C15H17NO4. The highest BCUT2D eigenvalue weighted by Gasteiger charge is 2.11. The number of aromatic hydroxyl groups is 1. The van der Waals surface area contributed by atoms with Crippen LogP contribution in [0.5, 0.6) is 11.5 Å². The van der Waals surface area contributed by atoms with Gasteiger partial charge in [0.2, 0.25) is 0 Å². The second-order valence-corrected chi connectivity index (χ2v) is 5.01. The molecule has 0 amide bonds. The van der Waals surface area contributed by atoms with Crippen molar-refractivity contribution in [2.24, 2.45) is 0 Å². The summed E-state index contributed by atoms with van der Waals surface area (Å²) in [5.74, 6) is 0.574. The Hall–Kier alpha value is -2.01. The Bertz CT molecular complexity index is 658. The highest BCUT2D eigenvalue weighted by Crippen LogP contribution is 2.26. The molecule has 1 aromatic heterocycles. The van der Waals surface area contributed by atoms with Crippen LogP contribution in [0.25, 0.3) is 11.0 Å². The van der Waals surface area contributed by atoms with Crippen molar-refractivity contribution in [1.82, 2.24) is 4.90 Å². The van der Waals surface area contributed by atoms with Gasteiger partial charge in [-0.1, -0.05) is 0 Å². The highest BCUT2D eigenvalue weighted by atomic mass is 16.5. The molecule has 0 unspecified atom stereocenters. The van der Waals surface area contributed by atoms with Crippen molar-refractivity contribution in [2.75, 3.05) is 26.2 Å². The molecule has 0 bridgehead atoms. The summed E-state index contributed by atoms with van der Waals surface area (Å²) in [6, 6.07) is 6.17. The van der Waals surface area contributed by atoms with E-state index in [-0.39, 0.29) is 5.75 Å². The molecule has 1 aliphatic heterocycles. The summed E-state index contributed by atoms with van der Waals surface area (Å²) in [4.78, 5) is 13.6. The van der Waals surface area contributed by atoms with Crippen molar-refractivity contribution < 1.29 is 14.3 Å². The van der Waals surface area contributed by atoms with Gasteiger partial charge in [0, 0.05) is 12.6 Å². The smallest absolute Gasteiger partial charge is 0.339 e. The van der Waals surface area contributed by atoms with Crippen molar-refractivity contribution in [3.8, 4) is 11.5 Å². The molecule has 1 saturated heterocycles. The maximum Gasteiger partial charge on any atom is 0.339 e. The lowest BCUT2D eigenvalue weighted by Gasteiger charge is -2.14. The Balaban J connectivity index is 1.70. The molecule has 20 heavy (non-hydrogen) atoms. The van der Waals surface area contributed by atoms with Crippen LogP contribution < -0.4 is 10.4 Å². The Morgan fingerprint density at radius 1 is 1.25 bits per heavy atom. The van der Waals surface area contributed by atoms with Gasteiger partial charge in [0.05, 0.1) is 11.5 Å². The zero-order chi connectivity index (χ0) is 13.9. The number of hydrogen-bond donors (Lipinski definition) is 1. The molecule has 0 radical (unpaired) electrons. The van der Waals surface area contributed by atoms with E-state index in [4.69, 9.17) is 9.15 Å². The van der Waals surface area contributed by atoms with Crippen molar-refractivity contribution >= 4 is 11.0 Å². The summed E-state index contributed by atoms with van der Waals surface area (Å²) in [6.07, 6.45) is 2.53. The van der Waals surface area contributed by atoms with Crippen molar-refractivity contribution in [1.29, 1.82) is 0 Å². The molecule has 1 aromatic carbocycles. The van der Waals surface area contributed by atoms with Crippen LogP contribution >= 0.6 is 0 Å². The summed E-state index contributed by atoms with van der Waals surface area (Å²) in [5.41, 5.74) is -0.224. The van der Waals surface area contributed by atoms with E-state index in [2.05, 4.69) is 4.90 Å². The van der Waals surface area contributed by atoms with Gasteiger partial charge in [0.1, 0.15) is 23.7 Å². The van der Waals surface area contributed by atoms with Crippen LogP contribution in [0.2, 0.25) is 0 Å². The largest absolute Gasteiger partial charge is 0.507 e. The molecule has 2 aromatic rings. The van der Waals surface area contributed by atoms with E-state index in [1.165, 1.54) is 12.8 Å². The predicted octanol–water partition coefficient (Wildman–Crippen LogP) is 1.97. The molecule has 3 rings (SSSR count). The van der Waals surface area contributed by atoms with Crippen LogP contribution in [-0.4, -0.2) is 36.2 Å². The topological polar surface area (TPSA) is 62.9 Å². The van der Waals surface area contributed by atoms with Gasteiger partial charge in [0.15, 0.2) is 0 Å². The Morgan fingerprint density at radius 2 is 2.05 bits per heavy atom. The van der Waals surface area contributed by atoms with Crippen LogP contribution in [0, 0.1) is 0 Å². The molecule has 0 atom stereocenters. The van der Waals surface area contributed by atoms with Crippen LogP contribution in [-0.2, 0) is 0 Å². The maximum atomic E-state index is 11.2. The van der Waals surface area contributed by atoms with E-state index in [0.29, 0.717) is 23.3 Å². The normalized spacial score (nSPS) is 15.8. The minimum absolute atomic E-state index is 0.0696. The second-order valence-electron chi connectivity index (χ2n) is 5.01. The molecule has 2 heterocycles. The molecule has 0 spiro atoms. The van der Waals surface area contributed by atoms with Crippen molar-refractivity contribution in [2.45, 2.75) is 12.8 Å². The summed E-state index contributed by atoms with van der Waals surface area (Å²) in [5, 5.41) is 10.2. The molecule has 0 saturated carbocycles. The van der Waals surface area contributed by atoms with E-state index in [0.717, 1.165) is 25.7 Å². The first-order chi connectivity index (χ1) is 9.72. The number of fused-ring (bicyclic) bond motifs is 1. The average Bonchev–Trinajstić information content (AvgIpc) is 2.91. The monoisotopic (exact) mass is 275 g/mol. The third kappa shape index (κ3) is 2.77. The fraction of sp³-hybridized carbons (Fsp3) is 0.400. The van der Waals surface area contributed by atoms with Crippen LogP contribution in [0.15, 0.2) is 33.5 Å². The van der Waals surface area contributed by atoms with Gasteiger partial charge in [-0.05, 0) is 38.1 Å². The molecule has 0 aliphatic carbocycles. The van der Waals surface area contributed by atoms with Crippen LogP contribution in [0.4, 0.5) is 0 Å². The summed E-state index contributed by atoms with van der Waals surface area (Å²) in [7, 11) is 0. The molecule has 1 N–H and O–H groups in total. The van der Waals surface area contributed by atoms with Crippen molar-refractivity contribution in [3.05, 3.63) is 34.7 Å². The third-order valence-electron chi connectivity index (χ3n) is 3.57. The number of nitrogens with zero attached hydrogens (tertiary/aromatic N) is 1. The van der Waals surface area contributed by atoms with Gasteiger partial charge in [0.25, 0.3) is 0 Å². The summed E-state index contributed by atoms with van der Waals surface area (Å²) in [6.45, 7) is 3.80. The Morgan fingerprint density at radius 3 is 2.85 bits per heavy atom. The molecule has 1 aliphatic rings. The number of ether oxygens (including phenoxy) is 1. The lowest BCUT2D eigenvalue weighted by molar-refractivity contribution is 0.238. The first-order valence-corrected chi connectivity index (χ1v) is 6.84. The van der Waals surface area contributed by atoms with Gasteiger partial charge in [-0.25, -0.2) is 4.79 Å². The first kappa shape index (κ1) is 13.0. The molecule has 5 nitrogen and oxygen atoms in total. The van der Waals surface area contributed by atoms with Crippen molar-refractivity contribution in [3.63, 3.8) is 0 Å². The number of likely N-dealkylation sites (tertiary alicyclic amines) is 1. The predicted molar refractivity (Wildman–Crippen MR) is 75.3 cm³/mol. The minimum Gasteiger partial charge on any atom is -0.507 e. The minimum atomic E-state index is -0.566. The zero-order valence-electron chi connectivity index (χ0n) is 11.2. The molecular weight excluding hydrogens is 258 g/mol. The zero-order valence-corrected chi connectivity index (χ0v) is 11.2. The van der Waals surface area contributed by atoms with E-state index in [1.807, 2.05) is 0 Å². The van der Waals surface area contributed by atoms with E-state index in [9.17, 15) is 9.90 Å². The molecule has 106 valence electrons. The fourth-order valence-electron chi connectivity index (χ4n) is 2.51. The average molecular weight is 275 g/mol. The standard InChI is InChI=1S/C15H17NO4/c17-13-10-15(18)20-14-9-11(3-4-12(13)14)19-8-7-16-5-1-2-6-16/h3-4,9-10,17H,1-2,5-8H2. The van der Waals surface area contributed by atoms with Gasteiger partial charge in [-0.2, -0.15) is 0 Å². The maximum absolute atomic E-state index is 11.2. The van der Waals surface area contributed by atoms with Gasteiger partial charge < -0.3 is 14.3 Å². The summed E-state index contributed by atoms with van der Waals surface area (Å²) < 4.78 is 10.7. The second kappa shape index (κ2) is 5.54. The van der Waals surface area contributed by atoms with Crippen LogP contribution in [0.3, 0.4) is 0 Å².